The summed E-state index contributed by atoms with van der Waals surface area (Å²) in [5, 5.41) is 8.83. The quantitative estimate of drug-likeness (QED) is 0.735. The molecule has 0 aromatic heterocycles. The largest absolute Gasteiger partial charge is 0.396 e. The number of ether oxygens (including phenoxy) is 1. The van der Waals surface area contributed by atoms with Crippen LogP contribution in [0.15, 0.2) is 0 Å². The molecule has 1 N–H and O–H groups in total. The van der Waals surface area contributed by atoms with E-state index in [1.54, 1.807) is 0 Å². The SMILES string of the molecule is O=C(CCC1CCCO1)N1CC(CO)C1. The maximum Gasteiger partial charge on any atom is 0.222 e. The molecule has 1 unspecified atom stereocenters. The molecular weight excluding hydrogens is 194 g/mol. The van der Waals surface area contributed by atoms with Crippen molar-refractivity contribution in [3.63, 3.8) is 0 Å². The summed E-state index contributed by atoms with van der Waals surface area (Å²) in [5.41, 5.74) is 0. The molecule has 0 aromatic carbocycles. The van der Waals surface area contributed by atoms with Gasteiger partial charge >= 0.3 is 0 Å². The second-order valence-electron chi connectivity index (χ2n) is 4.52. The van der Waals surface area contributed by atoms with E-state index in [4.69, 9.17) is 9.84 Å². The summed E-state index contributed by atoms with van der Waals surface area (Å²) in [6, 6.07) is 0. The summed E-state index contributed by atoms with van der Waals surface area (Å²) in [6.45, 7) is 2.53. The van der Waals surface area contributed by atoms with Crippen LogP contribution in [0.2, 0.25) is 0 Å². The van der Waals surface area contributed by atoms with Crippen LogP contribution >= 0.6 is 0 Å². The number of nitrogens with zero attached hydrogens (tertiary/aromatic N) is 1. The van der Waals surface area contributed by atoms with Gasteiger partial charge in [-0.1, -0.05) is 0 Å². The van der Waals surface area contributed by atoms with Crippen molar-refractivity contribution in [2.75, 3.05) is 26.3 Å². The Hall–Kier alpha value is -0.610. The van der Waals surface area contributed by atoms with Gasteiger partial charge in [-0.2, -0.15) is 0 Å². The Labute approximate surface area is 90.2 Å². The zero-order valence-corrected chi connectivity index (χ0v) is 9.02. The molecule has 2 fully saturated rings. The number of likely N-dealkylation sites (tertiary alicyclic amines) is 1. The fraction of sp³-hybridized carbons (Fsp3) is 0.909. The van der Waals surface area contributed by atoms with E-state index in [0.717, 1.165) is 39.0 Å². The number of hydrogen-bond donors (Lipinski definition) is 1. The fourth-order valence-electron chi connectivity index (χ4n) is 2.20. The van der Waals surface area contributed by atoms with Crippen LogP contribution in [0.5, 0.6) is 0 Å². The van der Waals surface area contributed by atoms with E-state index in [2.05, 4.69) is 0 Å². The highest BCUT2D eigenvalue weighted by Gasteiger charge is 2.30. The zero-order valence-electron chi connectivity index (χ0n) is 9.02. The van der Waals surface area contributed by atoms with E-state index < -0.39 is 0 Å². The molecule has 0 saturated carbocycles. The van der Waals surface area contributed by atoms with Crippen LogP contribution in [0.25, 0.3) is 0 Å². The van der Waals surface area contributed by atoms with E-state index >= 15 is 0 Å². The van der Waals surface area contributed by atoms with Crippen molar-refractivity contribution in [3.8, 4) is 0 Å². The van der Waals surface area contributed by atoms with E-state index in [9.17, 15) is 4.79 Å². The van der Waals surface area contributed by atoms with E-state index in [1.807, 2.05) is 4.90 Å². The van der Waals surface area contributed by atoms with Gasteiger partial charge in [-0.25, -0.2) is 0 Å². The van der Waals surface area contributed by atoms with Crippen molar-refractivity contribution >= 4 is 5.91 Å². The van der Waals surface area contributed by atoms with Crippen LogP contribution in [0, 0.1) is 5.92 Å². The van der Waals surface area contributed by atoms with Crippen molar-refractivity contribution in [2.24, 2.45) is 5.92 Å². The molecule has 1 amide bonds. The molecule has 0 bridgehead atoms. The number of aliphatic hydroxyl groups excluding tert-OH is 1. The molecule has 0 radical (unpaired) electrons. The molecule has 0 aromatic rings. The predicted molar refractivity (Wildman–Crippen MR) is 55.4 cm³/mol. The van der Waals surface area contributed by atoms with Crippen molar-refractivity contribution in [1.29, 1.82) is 0 Å². The van der Waals surface area contributed by atoms with Crippen LogP contribution < -0.4 is 0 Å². The first-order valence-corrected chi connectivity index (χ1v) is 5.80. The minimum atomic E-state index is 0.204. The first-order valence-electron chi connectivity index (χ1n) is 5.80. The Morgan fingerprint density at radius 1 is 1.47 bits per heavy atom. The third-order valence-corrected chi connectivity index (χ3v) is 3.27. The number of carbonyl (C=O) groups excluding carboxylic acids is 1. The van der Waals surface area contributed by atoms with Crippen molar-refractivity contribution in [2.45, 2.75) is 31.8 Å². The van der Waals surface area contributed by atoms with Gasteiger partial charge in [-0.15, -0.1) is 0 Å². The van der Waals surface area contributed by atoms with Crippen molar-refractivity contribution in [1.82, 2.24) is 4.90 Å². The van der Waals surface area contributed by atoms with E-state index in [1.165, 1.54) is 0 Å². The van der Waals surface area contributed by atoms with Gasteiger partial charge in [-0.05, 0) is 19.3 Å². The van der Waals surface area contributed by atoms with Gasteiger partial charge in [0.2, 0.25) is 5.91 Å². The van der Waals surface area contributed by atoms with Crippen molar-refractivity contribution < 1.29 is 14.6 Å². The highest BCUT2D eigenvalue weighted by atomic mass is 16.5. The molecule has 0 spiro atoms. The monoisotopic (exact) mass is 213 g/mol. The first-order chi connectivity index (χ1) is 7.29. The topological polar surface area (TPSA) is 49.8 Å². The molecule has 2 aliphatic heterocycles. The average molecular weight is 213 g/mol. The molecule has 4 nitrogen and oxygen atoms in total. The molecule has 0 aliphatic carbocycles. The third-order valence-electron chi connectivity index (χ3n) is 3.27. The smallest absolute Gasteiger partial charge is 0.222 e. The van der Waals surface area contributed by atoms with Gasteiger partial charge in [0.25, 0.3) is 0 Å². The molecule has 4 heteroatoms. The number of hydrogen-bond acceptors (Lipinski definition) is 3. The van der Waals surface area contributed by atoms with E-state index in [0.29, 0.717) is 18.4 Å². The number of carbonyl (C=O) groups is 1. The fourth-order valence-corrected chi connectivity index (χ4v) is 2.20. The van der Waals surface area contributed by atoms with Crippen LogP contribution in [-0.4, -0.2) is 48.3 Å². The maximum absolute atomic E-state index is 11.6. The molecule has 2 heterocycles. The van der Waals surface area contributed by atoms with Crippen LogP contribution in [-0.2, 0) is 9.53 Å². The number of rotatable bonds is 4. The maximum atomic E-state index is 11.6. The summed E-state index contributed by atoms with van der Waals surface area (Å²) in [5.74, 6) is 0.534. The Morgan fingerprint density at radius 3 is 2.87 bits per heavy atom. The lowest BCUT2D eigenvalue weighted by molar-refractivity contribution is -0.139. The third kappa shape index (κ3) is 2.69. The molecule has 2 rings (SSSR count). The van der Waals surface area contributed by atoms with Crippen LogP contribution in [0.4, 0.5) is 0 Å². The molecule has 2 saturated heterocycles. The zero-order chi connectivity index (χ0) is 10.7. The van der Waals surface area contributed by atoms with E-state index in [-0.39, 0.29) is 12.5 Å². The average Bonchev–Trinajstić information content (AvgIpc) is 2.65. The van der Waals surface area contributed by atoms with Gasteiger partial charge in [0.05, 0.1) is 6.10 Å². The minimum Gasteiger partial charge on any atom is -0.396 e. The van der Waals surface area contributed by atoms with Gasteiger partial charge in [0.1, 0.15) is 0 Å². The summed E-state index contributed by atoms with van der Waals surface area (Å²) >= 11 is 0. The highest BCUT2D eigenvalue weighted by Crippen LogP contribution is 2.20. The molecular formula is C11H19NO3. The van der Waals surface area contributed by atoms with Crippen LogP contribution in [0.1, 0.15) is 25.7 Å². The summed E-state index contributed by atoms with van der Waals surface area (Å²) in [6.07, 6.45) is 4.01. The first kappa shape index (κ1) is 10.9. The summed E-state index contributed by atoms with van der Waals surface area (Å²) in [4.78, 5) is 13.5. The van der Waals surface area contributed by atoms with Crippen molar-refractivity contribution in [3.05, 3.63) is 0 Å². The normalized spacial score (nSPS) is 26.7. The van der Waals surface area contributed by atoms with Gasteiger partial charge < -0.3 is 14.7 Å². The molecule has 86 valence electrons. The highest BCUT2D eigenvalue weighted by molar-refractivity contribution is 5.77. The lowest BCUT2D eigenvalue weighted by Crippen LogP contribution is -2.51. The summed E-state index contributed by atoms with van der Waals surface area (Å²) in [7, 11) is 0. The molecule has 2 aliphatic rings. The van der Waals surface area contributed by atoms with Gasteiger partial charge in [0, 0.05) is 38.6 Å². The minimum absolute atomic E-state index is 0.204. The summed E-state index contributed by atoms with van der Waals surface area (Å²) < 4.78 is 5.47. The Kier molecular flexibility index (Phi) is 3.59. The predicted octanol–water partition coefficient (Wildman–Crippen LogP) is 0.396. The second-order valence-corrected chi connectivity index (χ2v) is 4.52. The Bertz CT molecular complexity index is 220. The number of aliphatic hydroxyl groups is 1. The van der Waals surface area contributed by atoms with Crippen LogP contribution in [0.3, 0.4) is 0 Å². The lowest BCUT2D eigenvalue weighted by Gasteiger charge is -2.38. The lowest BCUT2D eigenvalue weighted by atomic mass is 10.00. The Balaban J connectivity index is 1.61. The standard InChI is InChI=1S/C11H19NO3/c13-8-9-6-12(7-9)11(14)4-3-10-2-1-5-15-10/h9-10,13H,1-8H2. The molecule has 1 atom stereocenters. The van der Waals surface area contributed by atoms with Gasteiger partial charge in [0.15, 0.2) is 0 Å². The molecule has 15 heavy (non-hydrogen) atoms. The Morgan fingerprint density at radius 2 is 2.27 bits per heavy atom. The number of amides is 1. The second kappa shape index (κ2) is 4.94. The van der Waals surface area contributed by atoms with Gasteiger partial charge in [-0.3, -0.25) is 4.79 Å².